The molecule has 1 aliphatic rings. The average molecular weight is 944 g/mol. The summed E-state index contributed by atoms with van der Waals surface area (Å²) in [5.74, 6) is -0.325. The maximum atomic E-state index is 13.9. The molecule has 10 heteroatoms. The number of carbonyl (C=O) groups excluding carboxylic acids is 1. The number of hydrogen-bond acceptors (Lipinski definition) is 7. The molecule has 0 radical (unpaired) electrons. The van der Waals surface area contributed by atoms with E-state index in [4.69, 9.17) is 9.47 Å². The molecule has 0 bridgehead atoms. The Labute approximate surface area is 408 Å². The number of nitrogens with zero attached hydrogens (tertiary/aromatic N) is 1. The Morgan fingerprint density at radius 1 is 0.662 bits per heavy atom. The van der Waals surface area contributed by atoms with Crippen LogP contribution in [0.25, 0.3) is 11.1 Å². The molecule has 366 valence electrons. The predicted octanol–water partition coefficient (Wildman–Crippen LogP) is 12.2. The second kappa shape index (κ2) is 27.5. The second-order valence-corrected chi connectivity index (χ2v) is 20.6. The van der Waals surface area contributed by atoms with Gasteiger partial charge in [-0.15, -0.1) is 0 Å². The summed E-state index contributed by atoms with van der Waals surface area (Å²) >= 11 is 0. The summed E-state index contributed by atoms with van der Waals surface area (Å²) < 4.78 is 43.6. The van der Waals surface area contributed by atoms with Crippen LogP contribution in [0.1, 0.15) is 144 Å². The lowest BCUT2D eigenvalue weighted by Gasteiger charge is -2.43. The number of ether oxygens (including phenoxy) is 2. The first-order chi connectivity index (χ1) is 33.1. The van der Waals surface area contributed by atoms with Gasteiger partial charge < -0.3 is 24.8 Å². The smallest absolute Gasteiger partial charge is 0.241 e. The molecule has 0 spiro atoms. The van der Waals surface area contributed by atoms with Crippen LogP contribution in [0.2, 0.25) is 0 Å². The highest BCUT2D eigenvalue weighted by atomic mass is 32.2. The summed E-state index contributed by atoms with van der Waals surface area (Å²) in [4.78, 5) is 16.6. The molecule has 1 aliphatic heterocycles. The van der Waals surface area contributed by atoms with Crippen molar-refractivity contribution in [1.29, 1.82) is 0 Å². The fraction of sp³-hybridized carbons (Fsp3) is 0.466. The highest BCUT2D eigenvalue weighted by Gasteiger charge is 2.39. The molecule has 5 aromatic rings. The molecule has 6 rings (SSSR count). The molecule has 5 atom stereocenters. The predicted molar refractivity (Wildman–Crippen MR) is 275 cm³/mol. The van der Waals surface area contributed by atoms with Crippen molar-refractivity contribution >= 4 is 15.9 Å². The molecule has 0 aromatic heterocycles. The fourth-order valence-corrected chi connectivity index (χ4v) is 10.4. The average Bonchev–Trinajstić information content (AvgIpc) is 3.36. The van der Waals surface area contributed by atoms with E-state index in [1.165, 1.54) is 77.0 Å². The Bertz CT molecular complexity index is 2340. The van der Waals surface area contributed by atoms with E-state index >= 15 is 0 Å². The van der Waals surface area contributed by atoms with Gasteiger partial charge in [-0.05, 0) is 96.9 Å². The highest BCUT2D eigenvalue weighted by molar-refractivity contribution is 7.89. The molecule has 68 heavy (non-hydrogen) atoms. The summed E-state index contributed by atoms with van der Waals surface area (Å²) in [6, 6.07) is 39.5. The third-order valence-corrected chi connectivity index (χ3v) is 14.8. The van der Waals surface area contributed by atoms with Crippen molar-refractivity contribution in [2.45, 2.75) is 154 Å². The van der Waals surface area contributed by atoms with Crippen LogP contribution in [-0.4, -0.2) is 56.1 Å². The molecular weight excluding hydrogens is 867 g/mol. The topological polar surface area (TPSA) is 117 Å². The first kappa shape index (κ1) is 52.7. The molecular formula is C58H77N3O6S. The summed E-state index contributed by atoms with van der Waals surface area (Å²) in [5, 5.41) is 12.8. The zero-order valence-electron chi connectivity index (χ0n) is 41.1. The summed E-state index contributed by atoms with van der Waals surface area (Å²) in [6.07, 6.45) is 14.5. The molecule has 0 unspecified atom stereocenters. The van der Waals surface area contributed by atoms with Gasteiger partial charge in [0, 0.05) is 24.6 Å². The van der Waals surface area contributed by atoms with Gasteiger partial charge >= 0.3 is 0 Å². The van der Waals surface area contributed by atoms with Crippen molar-refractivity contribution in [2.24, 2.45) is 5.92 Å². The van der Waals surface area contributed by atoms with E-state index in [0.29, 0.717) is 0 Å². The molecule has 0 saturated carbocycles. The quantitative estimate of drug-likeness (QED) is 0.0428. The lowest BCUT2D eigenvalue weighted by Crippen LogP contribution is -2.47. The number of aryl methyl sites for hydroxylation is 1. The molecule has 1 heterocycles. The van der Waals surface area contributed by atoms with Gasteiger partial charge in [-0.2, -0.15) is 4.72 Å². The summed E-state index contributed by atoms with van der Waals surface area (Å²) in [6.45, 7) is 11.9. The van der Waals surface area contributed by atoms with E-state index < -0.39 is 28.3 Å². The summed E-state index contributed by atoms with van der Waals surface area (Å²) in [7, 11) is -3.97. The number of benzene rings is 5. The highest BCUT2D eigenvalue weighted by Crippen LogP contribution is 2.42. The molecule has 3 N–H and O–H groups in total. The maximum absolute atomic E-state index is 13.9. The third-order valence-electron chi connectivity index (χ3n) is 13.3. The Hall–Kier alpha value is -4.68. The first-order valence-corrected chi connectivity index (χ1v) is 26.9. The number of sulfonamides is 1. The van der Waals surface area contributed by atoms with Gasteiger partial charge in [0.2, 0.25) is 15.9 Å². The Kier molecular flexibility index (Phi) is 21.3. The van der Waals surface area contributed by atoms with Crippen molar-refractivity contribution in [2.75, 3.05) is 19.6 Å². The van der Waals surface area contributed by atoms with E-state index in [1.807, 2.05) is 67.6 Å². The minimum absolute atomic E-state index is 0.00717. The normalized spacial score (nSPS) is 17.9. The Morgan fingerprint density at radius 2 is 1.26 bits per heavy atom. The zero-order valence-corrected chi connectivity index (χ0v) is 41.9. The van der Waals surface area contributed by atoms with Crippen LogP contribution in [0.15, 0.2) is 132 Å². The van der Waals surface area contributed by atoms with Gasteiger partial charge in [-0.1, -0.05) is 194 Å². The first-order valence-electron chi connectivity index (χ1n) is 25.4. The SMILES string of the molecule is CCCCCCCCN(CCCCCCCC)C[C@H]1O[C@@H](c2cccc(-c3cccc(CNC(=O)[C@@H](Cc4ccccc4)NS(=O)(=O)c4ccc(C)cc4)c3)c2)O[C@@H](c2ccc(CO)cc2)[C@H]1C. The lowest BCUT2D eigenvalue weighted by molar-refractivity contribution is -0.276. The van der Waals surface area contributed by atoms with E-state index in [-0.39, 0.29) is 42.6 Å². The van der Waals surface area contributed by atoms with Gasteiger partial charge in [0.25, 0.3) is 0 Å². The number of amides is 1. The zero-order chi connectivity index (χ0) is 48.1. The third kappa shape index (κ3) is 16.2. The van der Waals surface area contributed by atoms with Gasteiger partial charge in [0.1, 0.15) is 6.04 Å². The van der Waals surface area contributed by atoms with Gasteiger partial charge in [0.15, 0.2) is 6.29 Å². The monoisotopic (exact) mass is 944 g/mol. The minimum Gasteiger partial charge on any atom is -0.392 e. The standard InChI is InChI=1S/C58H77N3O6S/c1-5-7-9-11-13-18-36-61(37-19-14-12-10-8-6-2)42-55-45(4)56(49-32-30-47(43-62)31-33-49)67-58(66-55)52-27-21-26-51(40-52)50-25-20-24-48(38-50)41-59-57(63)54(39-46-22-16-15-17-23-46)60-68(64,65)53-34-28-44(3)29-35-53/h15-17,20-35,38,40,45,54-56,58,60,62H,5-14,18-19,36-37,39,41-43H2,1-4H3,(H,59,63)/t45-,54+,55+,56+,58+/m0/s1. The van der Waals surface area contributed by atoms with Crippen molar-refractivity contribution < 1.29 is 27.8 Å². The molecule has 0 aliphatic carbocycles. The van der Waals surface area contributed by atoms with E-state index in [2.05, 4.69) is 78.2 Å². The van der Waals surface area contributed by atoms with Crippen molar-refractivity contribution in [3.05, 3.63) is 161 Å². The molecule has 1 amide bonds. The number of aliphatic hydroxyl groups is 1. The van der Waals surface area contributed by atoms with E-state index in [1.54, 1.807) is 24.3 Å². The Morgan fingerprint density at radius 3 is 1.91 bits per heavy atom. The number of carbonyl (C=O) groups is 1. The minimum atomic E-state index is -3.97. The summed E-state index contributed by atoms with van der Waals surface area (Å²) in [5.41, 5.74) is 7.50. The molecule has 9 nitrogen and oxygen atoms in total. The molecule has 1 fully saturated rings. The number of nitrogens with one attached hydrogen (secondary N) is 2. The maximum Gasteiger partial charge on any atom is 0.241 e. The van der Waals surface area contributed by atoms with Crippen molar-refractivity contribution in [3.63, 3.8) is 0 Å². The van der Waals surface area contributed by atoms with Crippen LogP contribution in [0.5, 0.6) is 0 Å². The van der Waals surface area contributed by atoms with Crippen LogP contribution >= 0.6 is 0 Å². The van der Waals surface area contributed by atoms with Crippen molar-refractivity contribution in [1.82, 2.24) is 14.9 Å². The van der Waals surface area contributed by atoms with Crippen LogP contribution in [-0.2, 0) is 43.9 Å². The van der Waals surface area contributed by atoms with E-state index in [9.17, 15) is 18.3 Å². The fourth-order valence-electron chi connectivity index (χ4n) is 9.16. The van der Waals surface area contributed by atoms with E-state index in [0.717, 1.165) is 64.1 Å². The number of hydrogen-bond donors (Lipinski definition) is 3. The van der Waals surface area contributed by atoms with Crippen LogP contribution in [0.4, 0.5) is 0 Å². The van der Waals surface area contributed by atoms with Crippen LogP contribution in [0, 0.1) is 12.8 Å². The molecule has 1 saturated heterocycles. The number of unbranched alkanes of at least 4 members (excludes halogenated alkanes) is 10. The Balaban J connectivity index is 1.18. The van der Waals surface area contributed by atoms with Gasteiger partial charge in [-0.25, -0.2) is 8.42 Å². The second-order valence-electron chi connectivity index (χ2n) is 18.9. The van der Waals surface area contributed by atoms with Crippen LogP contribution in [0.3, 0.4) is 0 Å². The largest absolute Gasteiger partial charge is 0.392 e. The van der Waals surface area contributed by atoms with Gasteiger partial charge in [0.05, 0.1) is 23.7 Å². The number of rotatable bonds is 28. The molecule has 5 aromatic carbocycles. The number of aliphatic hydroxyl groups excluding tert-OH is 1. The van der Waals surface area contributed by atoms with Crippen molar-refractivity contribution in [3.8, 4) is 11.1 Å². The van der Waals surface area contributed by atoms with Gasteiger partial charge in [-0.3, -0.25) is 4.79 Å². The lowest BCUT2D eigenvalue weighted by atomic mass is 9.89. The van der Waals surface area contributed by atoms with Crippen LogP contribution < -0.4 is 10.0 Å².